The fourth-order valence-corrected chi connectivity index (χ4v) is 1.34. The fourth-order valence-electron chi connectivity index (χ4n) is 1.34. The van der Waals surface area contributed by atoms with Crippen LogP contribution in [0.5, 0.6) is 0 Å². The van der Waals surface area contributed by atoms with Gasteiger partial charge in [-0.3, -0.25) is 0 Å². The number of H-pyrrole nitrogens is 1. The van der Waals surface area contributed by atoms with Crippen molar-refractivity contribution in [2.24, 2.45) is 5.92 Å². The van der Waals surface area contributed by atoms with Crippen LogP contribution in [0.3, 0.4) is 0 Å². The zero-order chi connectivity index (χ0) is 7.68. The Hall–Kier alpha value is -1.24. The molecule has 2 rings (SSSR count). The molecule has 0 saturated carbocycles. The van der Waals surface area contributed by atoms with Crippen LogP contribution in [0.4, 0.5) is 0 Å². The van der Waals surface area contributed by atoms with Crippen molar-refractivity contribution in [3.05, 3.63) is 35.0 Å². The van der Waals surface area contributed by atoms with E-state index >= 15 is 0 Å². The molecule has 1 aromatic heterocycles. The maximum atomic E-state index is 3.20. The van der Waals surface area contributed by atoms with Crippen molar-refractivity contribution in [2.75, 3.05) is 0 Å². The van der Waals surface area contributed by atoms with Gasteiger partial charge < -0.3 is 4.98 Å². The van der Waals surface area contributed by atoms with Crippen LogP contribution in [-0.2, 0) is 0 Å². The maximum absolute atomic E-state index is 3.20. The number of hydrogen-bond donors (Lipinski definition) is 1. The number of aromatic amines is 1. The average Bonchev–Trinajstić information content (AvgIpc) is 2.31. The summed E-state index contributed by atoms with van der Waals surface area (Å²) in [7, 11) is 0. The fraction of sp³-hybridized carbons (Fsp3) is 0.200. The molecule has 0 bridgehead atoms. The molecule has 1 N–H and O–H groups in total. The third kappa shape index (κ3) is 1.14. The molecule has 0 fully saturated rings. The SMILES string of the molecule is CC1C=CC=c2cc[nH]c2=C1. The van der Waals surface area contributed by atoms with Gasteiger partial charge in [0, 0.05) is 11.5 Å². The van der Waals surface area contributed by atoms with Gasteiger partial charge in [-0.15, -0.1) is 0 Å². The largest absolute Gasteiger partial charge is 0.361 e. The van der Waals surface area contributed by atoms with Gasteiger partial charge in [-0.1, -0.05) is 31.2 Å². The van der Waals surface area contributed by atoms with Gasteiger partial charge in [-0.25, -0.2) is 0 Å². The first-order chi connectivity index (χ1) is 5.36. The van der Waals surface area contributed by atoms with Gasteiger partial charge in [0.05, 0.1) is 0 Å². The van der Waals surface area contributed by atoms with Crippen LogP contribution < -0.4 is 10.6 Å². The molecule has 0 saturated heterocycles. The standard InChI is InChI=1S/C10H11N/c1-8-3-2-4-9-5-6-11-10(9)7-8/h2-8,11H,1H3. The molecule has 1 atom stereocenters. The maximum Gasteiger partial charge on any atom is 0.0419 e. The smallest absolute Gasteiger partial charge is 0.0419 e. The lowest BCUT2D eigenvalue weighted by molar-refractivity contribution is 0.992. The summed E-state index contributed by atoms with van der Waals surface area (Å²) in [5.41, 5.74) is 0. The van der Waals surface area contributed by atoms with E-state index in [2.05, 4.69) is 42.3 Å². The highest BCUT2D eigenvalue weighted by Gasteiger charge is 1.94. The molecule has 11 heavy (non-hydrogen) atoms. The van der Waals surface area contributed by atoms with Crippen LogP contribution in [0.2, 0.25) is 0 Å². The lowest BCUT2D eigenvalue weighted by Gasteiger charge is -1.91. The van der Waals surface area contributed by atoms with Crippen LogP contribution >= 0.6 is 0 Å². The predicted molar refractivity (Wildman–Crippen MR) is 47.3 cm³/mol. The van der Waals surface area contributed by atoms with Crippen LogP contribution in [0.1, 0.15) is 6.92 Å². The van der Waals surface area contributed by atoms with E-state index in [-0.39, 0.29) is 0 Å². The summed E-state index contributed by atoms with van der Waals surface area (Å²) in [5.74, 6) is 0.533. The van der Waals surface area contributed by atoms with E-state index in [9.17, 15) is 0 Å². The average molecular weight is 145 g/mol. The van der Waals surface area contributed by atoms with Crippen molar-refractivity contribution in [3.8, 4) is 0 Å². The van der Waals surface area contributed by atoms with Crippen LogP contribution in [0.15, 0.2) is 24.4 Å². The molecule has 1 aliphatic rings. The Bertz CT molecular complexity index is 381. The van der Waals surface area contributed by atoms with E-state index < -0.39 is 0 Å². The topological polar surface area (TPSA) is 15.8 Å². The minimum absolute atomic E-state index is 0.533. The molecule has 1 aliphatic carbocycles. The van der Waals surface area contributed by atoms with Crippen molar-refractivity contribution >= 4 is 12.2 Å². The summed E-state index contributed by atoms with van der Waals surface area (Å²) in [5, 5.41) is 2.52. The third-order valence-electron chi connectivity index (χ3n) is 1.93. The Morgan fingerprint density at radius 1 is 1.45 bits per heavy atom. The van der Waals surface area contributed by atoms with Crippen molar-refractivity contribution in [1.29, 1.82) is 0 Å². The highest BCUT2D eigenvalue weighted by Crippen LogP contribution is 1.99. The molecular formula is C10H11N. The lowest BCUT2D eigenvalue weighted by Crippen LogP contribution is -2.21. The first-order valence-electron chi connectivity index (χ1n) is 3.90. The van der Waals surface area contributed by atoms with Gasteiger partial charge in [0.1, 0.15) is 0 Å². The van der Waals surface area contributed by atoms with Gasteiger partial charge in [-0.05, 0) is 17.2 Å². The van der Waals surface area contributed by atoms with Crippen LogP contribution in [0, 0.1) is 5.92 Å². The van der Waals surface area contributed by atoms with Gasteiger partial charge in [-0.2, -0.15) is 0 Å². The predicted octanol–water partition coefficient (Wildman–Crippen LogP) is 0.782. The van der Waals surface area contributed by atoms with E-state index in [0.29, 0.717) is 5.92 Å². The van der Waals surface area contributed by atoms with E-state index in [1.807, 2.05) is 6.20 Å². The molecule has 0 radical (unpaired) electrons. The summed E-state index contributed by atoms with van der Waals surface area (Å²) < 4.78 is 0. The number of aromatic nitrogens is 1. The van der Waals surface area contributed by atoms with Gasteiger partial charge >= 0.3 is 0 Å². The first kappa shape index (κ1) is 6.47. The van der Waals surface area contributed by atoms with Gasteiger partial charge in [0.2, 0.25) is 0 Å². The number of nitrogens with one attached hydrogen (secondary N) is 1. The summed E-state index contributed by atoms with van der Waals surface area (Å²) in [4.78, 5) is 3.20. The molecule has 1 nitrogen and oxygen atoms in total. The monoisotopic (exact) mass is 145 g/mol. The van der Waals surface area contributed by atoms with E-state index in [1.54, 1.807) is 0 Å². The Kier molecular flexibility index (Phi) is 1.42. The summed E-state index contributed by atoms with van der Waals surface area (Å²) in [6.45, 7) is 2.18. The molecule has 1 unspecified atom stereocenters. The Morgan fingerprint density at radius 2 is 2.36 bits per heavy atom. The summed E-state index contributed by atoms with van der Waals surface area (Å²) >= 11 is 0. The Balaban J connectivity index is 2.74. The quantitative estimate of drug-likeness (QED) is 0.555. The molecule has 1 aromatic rings. The number of fused-ring (bicyclic) bond motifs is 1. The number of allylic oxidation sites excluding steroid dienone is 2. The van der Waals surface area contributed by atoms with E-state index in [1.165, 1.54) is 10.6 Å². The molecule has 0 spiro atoms. The Morgan fingerprint density at radius 3 is 3.27 bits per heavy atom. The second-order valence-corrected chi connectivity index (χ2v) is 2.92. The highest BCUT2D eigenvalue weighted by atomic mass is 14.6. The highest BCUT2D eigenvalue weighted by molar-refractivity contribution is 5.44. The van der Waals surface area contributed by atoms with Crippen molar-refractivity contribution in [1.82, 2.24) is 4.98 Å². The molecular weight excluding hydrogens is 134 g/mol. The number of hydrogen-bond acceptors (Lipinski definition) is 0. The summed E-state index contributed by atoms with van der Waals surface area (Å²) in [6.07, 6.45) is 10.6. The van der Waals surface area contributed by atoms with Crippen molar-refractivity contribution in [3.63, 3.8) is 0 Å². The van der Waals surface area contributed by atoms with Crippen LogP contribution in [-0.4, -0.2) is 4.98 Å². The second-order valence-electron chi connectivity index (χ2n) is 2.92. The van der Waals surface area contributed by atoms with Gasteiger partial charge in [0.25, 0.3) is 0 Å². The molecule has 0 aliphatic heterocycles. The molecule has 56 valence electrons. The van der Waals surface area contributed by atoms with Crippen LogP contribution in [0.25, 0.3) is 12.2 Å². The molecule has 0 amide bonds. The molecule has 0 aromatic carbocycles. The van der Waals surface area contributed by atoms with E-state index in [0.717, 1.165) is 0 Å². The zero-order valence-electron chi connectivity index (χ0n) is 6.54. The zero-order valence-corrected chi connectivity index (χ0v) is 6.54. The Labute approximate surface area is 65.8 Å². The molecule has 1 heteroatoms. The minimum atomic E-state index is 0.533. The first-order valence-corrected chi connectivity index (χ1v) is 3.90. The summed E-state index contributed by atoms with van der Waals surface area (Å²) in [6, 6.07) is 2.09. The van der Waals surface area contributed by atoms with Crippen molar-refractivity contribution in [2.45, 2.75) is 6.92 Å². The lowest BCUT2D eigenvalue weighted by atomic mass is 10.2. The van der Waals surface area contributed by atoms with Gasteiger partial charge in [0.15, 0.2) is 0 Å². The number of rotatable bonds is 0. The normalized spacial score (nSPS) is 21.4. The minimum Gasteiger partial charge on any atom is -0.361 e. The molecule has 1 heterocycles. The third-order valence-corrected chi connectivity index (χ3v) is 1.93. The second kappa shape index (κ2) is 2.42. The van der Waals surface area contributed by atoms with Crippen molar-refractivity contribution < 1.29 is 0 Å². The van der Waals surface area contributed by atoms with E-state index in [4.69, 9.17) is 0 Å².